The summed E-state index contributed by atoms with van der Waals surface area (Å²) in [5.74, 6) is -0.746. The summed E-state index contributed by atoms with van der Waals surface area (Å²) < 4.78 is 5.14. The molecule has 0 atom stereocenters. The number of hydrogen-bond donors (Lipinski definition) is 2. The van der Waals surface area contributed by atoms with Crippen LogP contribution in [-0.2, 0) is 9.53 Å². The van der Waals surface area contributed by atoms with Crippen molar-refractivity contribution in [2.24, 2.45) is 0 Å². The predicted molar refractivity (Wildman–Crippen MR) is 120 cm³/mol. The van der Waals surface area contributed by atoms with Gasteiger partial charge < -0.3 is 20.1 Å². The van der Waals surface area contributed by atoms with Crippen molar-refractivity contribution in [1.82, 2.24) is 0 Å². The maximum Gasteiger partial charge on any atom is 0.338 e. The summed E-state index contributed by atoms with van der Waals surface area (Å²) in [5, 5.41) is 12.1. The van der Waals surface area contributed by atoms with E-state index in [2.05, 4.69) is 10.2 Å². The minimum absolute atomic E-state index is 0.199. The normalized spacial score (nSPS) is 13.1. The largest absolute Gasteiger partial charge is 0.508 e. The van der Waals surface area contributed by atoms with Crippen LogP contribution in [0.25, 0.3) is 11.1 Å². The second-order valence-electron chi connectivity index (χ2n) is 7.49. The second kappa shape index (κ2) is 9.34. The molecule has 0 bridgehead atoms. The fourth-order valence-electron chi connectivity index (χ4n) is 3.60. The van der Waals surface area contributed by atoms with Crippen LogP contribution in [0, 0.1) is 0 Å². The molecular formula is C25H24N2O4. The lowest BCUT2D eigenvalue weighted by atomic mass is 10.0. The van der Waals surface area contributed by atoms with E-state index in [1.54, 1.807) is 48.5 Å². The number of amides is 1. The number of rotatable bonds is 6. The van der Waals surface area contributed by atoms with Crippen molar-refractivity contribution in [2.45, 2.75) is 12.8 Å². The Kier molecular flexibility index (Phi) is 6.17. The second-order valence-corrected chi connectivity index (χ2v) is 7.49. The molecule has 1 saturated heterocycles. The predicted octanol–water partition coefficient (Wildman–Crippen LogP) is 4.45. The fourth-order valence-corrected chi connectivity index (χ4v) is 3.60. The van der Waals surface area contributed by atoms with E-state index in [9.17, 15) is 14.7 Å². The van der Waals surface area contributed by atoms with Gasteiger partial charge in [0.05, 0.1) is 5.56 Å². The molecule has 1 heterocycles. The number of benzene rings is 3. The van der Waals surface area contributed by atoms with Crippen LogP contribution in [-0.4, -0.2) is 36.7 Å². The van der Waals surface area contributed by atoms with Gasteiger partial charge in [0.25, 0.3) is 5.91 Å². The third kappa shape index (κ3) is 5.22. The molecule has 158 valence electrons. The number of carbonyl (C=O) groups is 2. The minimum atomic E-state index is -0.559. The van der Waals surface area contributed by atoms with Crippen molar-refractivity contribution >= 4 is 23.3 Å². The summed E-state index contributed by atoms with van der Waals surface area (Å²) in [4.78, 5) is 26.7. The number of anilines is 2. The number of nitrogens with zero attached hydrogens (tertiary/aromatic N) is 1. The van der Waals surface area contributed by atoms with Crippen molar-refractivity contribution in [1.29, 1.82) is 0 Å². The Balaban J connectivity index is 1.28. The third-order valence-electron chi connectivity index (χ3n) is 5.28. The summed E-state index contributed by atoms with van der Waals surface area (Å²) in [6.45, 7) is 1.78. The number of aromatic hydroxyl groups is 1. The van der Waals surface area contributed by atoms with Crippen LogP contribution in [0.5, 0.6) is 5.75 Å². The van der Waals surface area contributed by atoms with Crippen LogP contribution in [0.1, 0.15) is 23.2 Å². The Bertz CT molecular complexity index is 1040. The molecule has 0 unspecified atom stereocenters. The van der Waals surface area contributed by atoms with E-state index in [4.69, 9.17) is 4.74 Å². The van der Waals surface area contributed by atoms with Gasteiger partial charge in [-0.2, -0.15) is 0 Å². The Morgan fingerprint density at radius 2 is 1.42 bits per heavy atom. The Morgan fingerprint density at radius 3 is 2.03 bits per heavy atom. The van der Waals surface area contributed by atoms with Gasteiger partial charge in [0.15, 0.2) is 6.61 Å². The summed E-state index contributed by atoms with van der Waals surface area (Å²) >= 11 is 0. The lowest BCUT2D eigenvalue weighted by Crippen LogP contribution is -2.21. The molecule has 3 aromatic carbocycles. The zero-order chi connectivity index (χ0) is 21.6. The monoisotopic (exact) mass is 416 g/mol. The maximum absolute atomic E-state index is 12.2. The van der Waals surface area contributed by atoms with Gasteiger partial charge in [-0.3, -0.25) is 4.79 Å². The summed E-state index contributed by atoms with van der Waals surface area (Å²) in [6, 6.07) is 21.4. The van der Waals surface area contributed by atoms with E-state index in [1.807, 2.05) is 24.3 Å². The van der Waals surface area contributed by atoms with Crippen molar-refractivity contribution in [3.63, 3.8) is 0 Å². The number of ether oxygens (including phenoxy) is 1. The molecule has 2 N–H and O–H groups in total. The van der Waals surface area contributed by atoms with Gasteiger partial charge in [0, 0.05) is 24.5 Å². The topological polar surface area (TPSA) is 78.9 Å². The zero-order valence-electron chi connectivity index (χ0n) is 17.1. The molecule has 0 saturated carbocycles. The van der Waals surface area contributed by atoms with Gasteiger partial charge in [-0.25, -0.2) is 4.79 Å². The average molecular weight is 416 g/mol. The molecular weight excluding hydrogens is 392 g/mol. The number of carbonyl (C=O) groups excluding carboxylic acids is 2. The van der Waals surface area contributed by atoms with Crippen LogP contribution in [0.15, 0.2) is 72.8 Å². The first-order valence-electron chi connectivity index (χ1n) is 10.3. The molecule has 1 aliphatic heterocycles. The minimum Gasteiger partial charge on any atom is -0.508 e. The number of esters is 1. The summed E-state index contributed by atoms with van der Waals surface area (Å²) in [6.07, 6.45) is 2.42. The van der Waals surface area contributed by atoms with Crippen LogP contribution < -0.4 is 10.2 Å². The standard InChI is InChI=1S/C25H24N2O4/c28-23-13-7-19(8-14-23)18-3-5-20(6-4-18)25(30)31-17-24(29)26-21-9-11-22(12-10-21)27-15-1-2-16-27/h3-14,28H,1-2,15-17H2,(H,26,29). The summed E-state index contributed by atoms with van der Waals surface area (Å²) in [5.41, 5.74) is 4.02. The van der Waals surface area contributed by atoms with E-state index >= 15 is 0 Å². The van der Waals surface area contributed by atoms with Crippen molar-refractivity contribution < 1.29 is 19.4 Å². The quantitative estimate of drug-likeness (QED) is 0.580. The first-order chi connectivity index (χ1) is 15.1. The highest BCUT2D eigenvalue weighted by Crippen LogP contribution is 2.23. The Labute approximate surface area is 181 Å². The molecule has 6 heteroatoms. The number of hydrogen-bond acceptors (Lipinski definition) is 5. The highest BCUT2D eigenvalue weighted by molar-refractivity contribution is 5.95. The van der Waals surface area contributed by atoms with Crippen LogP contribution in [0.2, 0.25) is 0 Å². The number of nitrogens with one attached hydrogen (secondary N) is 1. The van der Waals surface area contributed by atoms with Gasteiger partial charge in [-0.1, -0.05) is 24.3 Å². The van der Waals surface area contributed by atoms with Crippen LogP contribution >= 0.6 is 0 Å². The molecule has 0 aliphatic carbocycles. The van der Waals surface area contributed by atoms with E-state index < -0.39 is 5.97 Å². The van der Waals surface area contributed by atoms with Gasteiger partial charge >= 0.3 is 5.97 Å². The van der Waals surface area contributed by atoms with Gasteiger partial charge in [-0.15, -0.1) is 0 Å². The molecule has 3 aromatic rings. The first kappa shape index (κ1) is 20.5. The maximum atomic E-state index is 12.2. The van der Waals surface area contributed by atoms with E-state index in [-0.39, 0.29) is 18.3 Å². The Morgan fingerprint density at radius 1 is 0.839 bits per heavy atom. The molecule has 6 nitrogen and oxygen atoms in total. The lowest BCUT2D eigenvalue weighted by Gasteiger charge is -2.17. The number of phenols is 1. The SMILES string of the molecule is O=C(COC(=O)c1ccc(-c2ccc(O)cc2)cc1)Nc1ccc(N2CCCC2)cc1. The van der Waals surface area contributed by atoms with E-state index in [0.717, 1.165) is 29.9 Å². The molecule has 0 aromatic heterocycles. The lowest BCUT2D eigenvalue weighted by molar-refractivity contribution is -0.119. The highest BCUT2D eigenvalue weighted by Gasteiger charge is 2.13. The van der Waals surface area contributed by atoms with E-state index in [0.29, 0.717) is 11.3 Å². The Hall–Kier alpha value is -3.80. The van der Waals surface area contributed by atoms with E-state index in [1.165, 1.54) is 12.8 Å². The average Bonchev–Trinajstić information content (AvgIpc) is 3.34. The molecule has 1 aliphatic rings. The molecule has 1 amide bonds. The molecule has 0 radical (unpaired) electrons. The van der Waals surface area contributed by atoms with Gasteiger partial charge in [-0.05, 0) is 72.5 Å². The molecule has 31 heavy (non-hydrogen) atoms. The van der Waals surface area contributed by atoms with Crippen molar-refractivity contribution in [2.75, 3.05) is 29.9 Å². The molecule has 0 spiro atoms. The van der Waals surface area contributed by atoms with Crippen LogP contribution in [0.3, 0.4) is 0 Å². The number of phenolic OH excluding ortho intramolecular Hbond substituents is 1. The highest BCUT2D eigenvalue weighted by atomic mass is 16.5. The summed E-state index contributed by atoms with van der Waals surface area (Å²) in [7, 11) is 0. The van der Waals surface area contributed by atoms with Gasteiger partial charge in [0.1, 0.15) is 5.75 Å². The molecule has 4 rings (SSSR count). The third-order valence-corrected chi connectivity index (χ3v) is 5.28. The molecule has 1 fully saturated rings. The smallest absolute Gasteiger partial charge is 0.338 e. The fraction of sp³-hybridized carbons (Fsp3) is 0.200. The van der Waals surface area contributed by atoms with Gasteiger partial charge in [0.2, 0.25) is 0 Å². The van der Waals surface area contributed by atoms with Crippen molar-refractivity contribution in [3.8, 4) is 16.9 Å². The first-order valence-corrected chi connectivity index (χ1v) is 10.3. The van der Waals surface area contributed by atoms with Crippen molar-refractivity contribution in [3.05, 3.63) is 78.4 Å². The zero-order valence-corrected chi connectivity index (χ0v) is 17.1. The van der Waals surface area contributed by atoms with Crippen LogP contribution in [0.4, 0.5) is 11.4 Å².